The number of hydrogen-bond donors (Lipinski definition) is 1. The Hall–Kier alpha value is -3.15. The van der Waals surface area contributed by atoms with E-state index in [1.165, 1.54) is 17.1 Å². The zero-order chi connectivity index (χ0) is 19.3. The Morgan fingerprint density at radius 3 is 2.35 bits per heavy atom. The highest BCUT2D eigenvalue weighted by Crippen LogP contribution is 2.18. The quantitative estimate of drug-likeness (QED) is 0.734. The number of benzene rings is 2. The standard InChI is InChI=1S/C18H19N3O2.C2H4O/c1-12-7-9-13(10-8-12)11-21-15-6-4-5-14(17(22)19-2)16(15)20(3)18(21)23;1-2-3/h4-10H,11H2,1-3H3,(H,19,22);2H,1H3. The molecule has 0 saturated carbocycles. The normalized spacial score (nSPS) is 10.2. The number of rotatable bonds is 3. The third-order valence-corrected chi connectivity index (χ3v) is 4.09. The largest absolute Gasteiger partial charge is 0.355 e. The van der Waals surface area contributed by atoms with Crippen LogP contribution in [0.3, 0.4) is 0 Å². The fourth-order valence-electron chi connectivity index (χ4n) is 2.83. The number of aldehydes is 1. The van der Waals surface area contributed by atoms with E-state index in [1.54, 1.807) is 30.8 Å². The zero-order valence-electron chi connectivity index (χ0n) is 15.4. The van der Waals surface area contributed by atoms with Crippen LogP contribution >= 0.6 is 0 Å². The molecule has 3 aromatic rings. The molecule has 136 valence electrons. The minimum absolute atomic E-state index is 0.128. The Balaban J connectivity index is 0.000000758. The first-order valence-electron chi connectivity index (χ1n) is 8.30. The molecule has 0 bridgehead atoms. The Morgan fingerprint density at radius 2 is 1.77 bits per heavy atom. The Labute approximate surface area is 152 Å². The molecule has 0 fully saturated rings. The van der Waals surface area contributed by atoms with Crippen molar-refractivity contribution in [1.82, 2.24) is 14.5 Å². The number of nitrogens with zero attached hydrogens (tertiary/aromatic N) is 2. The van der Waals surface area contributed by atoms with Gasteiger partial charge in [0.2, 0.25) is 0 Å². The van der Waals surface area contributed by atoms with Crippen molar-refractivity contribution in [3.63, 3.8) is 0 Å². The van der Waals surface area contributed by atoms with E-state index in [4.69, 9.17) is 4.79 Å². The van der Waals surface area contributed by atoms with Crippen molar-refractivity contribution in [3.8, 4) is 0 Å². The molecule has 6 heteroatoms. The summed E-state index contributed by atoms with van der Waals surface area (Å²) in [5, 5.41) is 2.62. The molecule has 0 radical (unpaired) electrons. The second kappa shape index (κ2) is 8.29. The van der Waals surface area contributed by atoms with Crippen molar-refractivity contribution in [2.24, 2.45) is 7.05 Å². The summed E-state index contributed by atoms with van der Waals surface area (Å²) < 4.78 is 3.24. The molecule has 0 aliphatic rings. The molecule has 0 saturated heterocycles. The van der Waals surface area contributed by atoms with Gasteiger partial charge in [0.05, 0.1) is 23.1 Å². The Bertz CT molecular complexity index is 982. The van der Waals surface area contributed by atoms with Crippen molar-refractivity contribution in [1.29, 1.82) is 0 Å². The summed E-state index contributed by atoms with van der Waals surface area (Å²) >= 11 is 0. The van der Waals surface area contributed by atoms with E-state index < -0.39 is 0 Å². The summed E-state index contributed by atoms with van der Waals surface area (Å²) in [6.07, 6.45) is 0.750. The molecule has 0 atom stereocenters. The molecular formula is C20H23N3O3. The maximum Gasteiger partial charge on any atom is 0.329 e. The summed E-state index contributed by atoms with van der Waals surface area (Å²) in [4.78, 5) is 33.5. The molecule has 1 heterocycles. The number of fused-ring (bicyclic) bond motifs is 1. The minimum atomic E-state index is -0.196. The lowest BCUT2D eigenvalue weighted by Gasteiger charge is -2.06. The van der Waals surface area contributed by atoms with Gasteiger partial charge in [-0.15, -0.1) is 0 Å². The second-order valence-corrected chi connectivity index (χ2v) is 5.90. The van der Waals surface area contributed by atoms with Crippen molar-refractivity contribution in [2.75, 3.05) is 7.05 Å². The van der Waals surface area contributed by atoms with Crippen LogP contribution in [0.15, 0.2) is 47.3 Å². The highest BCUT2D eigenvalue weighted by Gasteiger charge is 2.17. The predicted molar refractivity (Wildman–Crippen MR) is 103 cm³/mol. The molecule has 0 aliphatic heterocycles. The average molecular weight is 353 g/mol. The fourth-order valence-corrected chi connectivity index (χ4v) is 2.83. The molecule has 0 spiro atoms. The van der Waals surface area contributed by atoms with Gasteiger partial charge in [0, 0.05) is 14.1 Å². The van der Waals surface area contributed by atoms with Gasteiger partial charge in [-0.2, -0.15) is 0 Å². The summed E-state index contributed by atoms with van der Waals surface area (Å²) in [6, 6.07) is 13.5. The number of carbonyl (C=O) groups is 2. The molecule has 3 rings (SSSR count). The van der Waals surface area contributed by atoms with Gasteiger partial charge in [-0.25, -0.2) is 4.79 Å². The fraction of sp³-hybridized carbons (Fsp3) is 0.250. The smallest absolute Gasteiger partial charge is 0.329 e. The van der Waals surface area contributed by atoms with Gasteiger partial charge in [-0.1, -0.05) is 35.9 Å². The molecule has 6 nitrogen and oxygen atoms in total. The van der Waals surface area contributed by atoms with Gasteiger partial charge in [0.25, 0.3) is 5.91 Å². The number of carbonyl (C=O) groups excluding carboxylic acids is 2. The first-order valence-corrected chi connectivity index (χ1v) is 8.30. The number of nitrogens with one attached hydrogen (secondary N) is 1. The zero-order valence-corrected chi connectivity index (χ0v) is 15.4. The van der Waals surface area contributed by atoms with Crippen LogP contribution in [0.4, 0.5) is 0 Å². The van der Waals surface area contributed by atoms with E-state index >= 15 is 0 Å². The molecule has 2 aromatic carbocycles. The summed E-state index contributed by atoms with van der Waals surface area (Å²) in [7, 11) is 3.28. The number of aryl methyl sites for hydroxylation is 2. The maximum atomic E-state index is 12.6. The van der Waals surface area contributed by atoms with Crippen molar-refractivity contribution < 1.29 is 9.59 Å². The third kappa shape index (κ3) is 3.74. The highest BCUT2D eigenvalue weighted by molar-refractivity contribution is 6.05. The molecule has 0 aliphatic carbocycles. The van der Waals surface area contributed by atoms with E-state index in [0.29, 0.717) is 17.6 Å². The topological polar surface area (TPSA) is 73.1 Å². The average Bonchev–Trinajstić information content (AvgIpc) is 2.88. The van der Waals surface area contributed by atoms with Crippen LogP contribution in [0.5, 0.6) is 0 Å². The summed E-state index contributed by atoms with van der Waals surface area (Å²) in [5.41, 5.74) is 4.03. The molecule has 1 aromatic heterocycles. The van der Waals surface area contributed by atoms with Gasteiger partial charge >= 0.3 is 5.69 Å². The number of hydrogen-bond acceptors (Lipinski definition) is 3. The first-order chi connectivity index (χ1) is 12.4. The number of amides is 1. The van der Waals surface area contributed by atoms with Crippen LogP contribution in [0.2, 0.25) is 0 Å². The van der Waals surface area contributed by atoms with Gasteiger partial charge in [0.1, 0.15) is 6.29 Å². The van der Waals surface area contributed by atoms with E-state index in [1.807, 2.05) is 37.3 Å². The molecule has 0 unspecified atom stereocenters. The SMILES string of the molecule is CC=O.CNC(=O)c1cccc2c1n(C)c(=O)n2Cc1ccc(C)cc1. The van der Waals surface area contributed by atoms with Crippen LogP contribution in [0.25, 0.3) is 11.0 Å². The summed E-state index contributed by atoms with van der Waals surface area (Å²) in [6.45, 7) is 3.96. The summed E-state index contributed by atoms with van der Waals surface area (Å²) in [5.74, 6) is -0.196. The van der Waals surface area contributed by atoms with E-state index in [-0.39, 0.29) is 11.6 Å². The van der Waals surface area contributed by atoms with Crippen LogP contribution < -0.4 is 11.0 Å². The van der Waals surface area contributed by atoms with E-state index in [9.17, 15) is 9.59 Å². The lowest BCUT2D eigenvalue weighted by atomic mass is 10.1. The van der Waals surface area contributed by atoms with Crippen LogP contribution in [-0.2, 0) is 18.4 Å². The van der Waals surface area contributed by atoms with Crippen LogP contribution in [0, 0.1) is 6.92 Å². The number of aromatic nitrogens is 2. The van der Waals surface area contributed by atoms with Crippen LogP contribution in [-0.4, -0.2) is 28.4 Å². The van der Waals surface area contributed by atoms with Crippen LogP contribution in [0.1, 0.15) is 28.4 Å². The lowest BCUT2D eigenvalue weighted by molar-refractivity contribution is -0.106. The lowest BCUT2D eigenvalue weighted by Crippen LogP contribution is -2.23. The van der Waals surface area contributed by atoms with Crippen molar-refractivity contribution >= 4 is 23.2 Å². The number of para-hydroxylation sites is 1. The molecule has 26 heavy (non-hydrogen) atoms. The van der Waals surface area contributed by atoms with Gasteiger partial charge < -0.3 is 10.1 Å². The van der Waals surface area contributed by atoms with Gasteiger partial charge in [-0.05, 0) is 31.5 Å². The van der Waals surface area contributed by atoms with E-state index in [0.717, 1.165) is 17.4 Å². The van der Waals surface area contributed by atoms with Crippen molar-refractivity contribution in [2.45, 2.75) is 20.4 Å². The van der Waals surface area contributed by atoms with Gasteiger partial charge in [0.15, 0.2) is 0 Å². The molecule has 1 N–H and O–H groups in total. The molecular weight excluding hydrogens is 330 g/mol. The van der Waals surface area contributed by atoms with Crippen molar-refractivity contribution in [3.05, 3.63) is 69.6 Å². The monoisotopic (exact) mass is 353 g/mol. The van der Waals surface area contributed by atoms with E-state index in [2.05, 4.69) is 5.32 Å². The maximum absolute atomic E-state index is 12.6. The molecule has 1 amide bonds. The first kappa shape index (κ1) is 19.2. The Kier molecular flexibility index (Phi) is 6.11. The van der Waals surface area contributed by atoms with Gasteiger partial charge in [-0.3, -0.25) is 13.9 Å². The second-order valence-electron chi connectivity index (χ2n) is 5.90. The minimum Gasteiger partial charge on any atom is -0.355 e. The Morgan fingerprint density at radius 1 is 1.15 bits per heavy atom. The third-order valence-electron chi connectivity index (χ3n) is 4.09. The predicted octanol–water partition coefficient (Wildman–Crippen LogP) is 2.26. The number of imidazole rings is 1. The highest BCUT2D eigenvalue weighted by atomic mass is 16.2.